The maximum Gasteiger partial charge on any atom is 0.138 e. The first kappa shape index (κ1) is 15.5. The van der Waals surface area contributed by atoms with E-state index in [0.29, 0.717) is 5.75 Å². The van der Waals surface area contributed by atoms with Gasteiger partial charge in [0.05, 0.1) is 18.4 Å². The van der Waals surface area contributed by atoms with Crippen LogP contribution in [0.5, 0.6) is 5.75 Å². The summed E-state index contributed by atoms with van der Waals surface area (Å²) in [6.07, 6.45) is 3.76. The first-order chi connectivity index (χ1) is 10.1. The van der Waals surface area contributed by atoms with Crippen molar-refractivity contribution < 1.29 is 9.84 Å². The Morgan fingerprint density at radius 3 is 2.43 bits per heavy atom. The fraction of sp³-hybridized carbons (Fsp3) is 0.389. The van der Waals surface area contributed by atoms with Crippen LogP contribution in [0.2, 0.25) is 0 Å². The predicted octanol–water partition coefficient (Wildman–Crippen LogP) is 4.10. The van der Waals surface area contributed by atoms with Crippen LogP contribution in [0.15, 0.2) is 48.8 Å². The van der Waals surface area contributed by atoms with Gasteiger partial charge in [0.25, 0.3) is 0 Å². The smallest absolute Gasteiger partial charge is 0.138 e. The normalized spacial score (nSPS) is 14.0. The highest BCUT2D eigenvalue weighted by Gasteiger charge is 2.21. The lowest BCUT2D eigenvalue weighted by Gasteiger charge is -2.22. The van der Waals surface area contributed by atoms with E-state index in [1.165, 1.54) is 0 Å². The van der Waals surface area contributed by atoms with Gasteiger partial charge in [-0.15, -0.1) is 0 Å². The summed E-state index contributed by atoms with van der Waals surface area (Å²) in [5, 5.41) is 10.7. The van der Waals surface area contributed by atoms with Gasteiger partial charge in [0.1, 0.15) is 5.75 Å². The third-order valence-electron chi connectivity index (χ3n) is 3.50. The number of rotatable bonds is 6. The Balaban J connectivity index is 2.23. The molecule has 0 bridgehead atoms. The Bertz CT molecular complexity index is 554. The highest BCUT2D eigenvalue weighted by atomic mass is 16.5. The van der Waals surface area contributed by atoms with Crippen LogP contribution < -0.4 is 4.74 Å². The number of hydrogen-bond acceptors (Lipinski definition) is 3. The summed E-state index contributed by atoms with van der Waals surface area (Å²) in [5.41, 5.74) is 1.94. The lowest BCUT2D eigenvalue weighted by atomic mass is 9.88. The molecule has 2 unspecified atom stereocenters. The van der Waals surface area contributed by atoms with Crippen molar-refractivity contribution in [2.45, 2.75) is 45.3 Å². The Kier molecular flexibility index (Phi) is 5.34. The zero-order valence-electron chi connectivity index (χ0n) is 12.9. The van der Waals surface area contributed by atoms with Gasteiger partial charge >= 0.3 is 0 Å². The Labute approximate surface area is 126 Å². The van der Waals surface area contributed by atoms with E-state index in [1.807, 2.05) is 38.1 Å². The molecule has 2 rings (SSSR count). The van der Waals surface area contributed by atoms with Crippen molar-refractivity contribution in [3.05, 3.63) is 59.9 Å². The van der Waals surface area contributed by atoms with Crippen LogP contribution in [0.4, 0.5) is 0 Å². The molecular formula is C18H23NO2. The minimum Gasteiger partial charge on any atom is -0.489 e. The summed E-state index contributed by atoms with van der Waals surface area (Å²) in [6.45, 7) is 6.03. The molecular weight excluding hydrogens is 262 g/mol. The third kappa shape index (κ3) is 4.05. The molecule has 0 amide bonds. The van der Waals surface area contributed by atoms with E-state index in [1.54, 1.807) is 12.4 Å². The fourth-order valence-electron chi connectivity index (χ4n) is 2.51. The van der Waals surface area contributed by atoms with Crippen LogP contribution >= 0.6 is 0 Å². The monoisotopic (exact) mass is 285 g/mol. The molecule has 0 aliphatic carbocycles. The zero-order valence-corrected chi connectivity index (χ0v) is 12.9. The summed E-state index contributed by atoms with van der Waals surface area (Å²) < 4.78 is 5.65. The van der Waals surface area contributed by atoms with E-state index in [9.17, 15) is 5.11 Å². The van der Waals surface area contributed by atoms with Gasteiger partial charge in [-0.2, -0.15) is 0 Å². The van der Waals surface area contributed by atoms with Crippen LogP contribution in [-0.4, -0.2) is 16.2 Å². The van der Waals surface area contributed by atoms with E-state index in [2.05, 4.69) is 24.0 Å². The number of aliphatic hydroxyl groups excluding tert-OH is 1. The van der Waals surface area contributed by atoms with Crippen molar-refractivity contribution in [2.24, 2.45) is 0 Å². The predicted molar refractivity (Wildman–Crippen MR) is 84.4 cm³/mol. The van der Waals surface area contributed by atoms with Gasteiger partial charge in [0.2, 0.25) is 0 Å². The first-order valence-corrected chi connectivity index (χ1v) is 7.46. The van der Waals surface area contributed by atoms with Gasteiger partial charge in [-0.3, -0.25) is 4.98 Å². The van der Waals surface area contributed by atoms with Gasteiger partial charge in [-0.05, 0) is 31.9 Å². The van der Waals surface area contributed by atoms with E-state index in [4.69, 9.17) is 4.74 Å². The minimum absolute atomic E-state index is 0.0577. The molecule has 1 N–H and O–H groups in total. The van der Waals surface area contributed by atoms with Crippen molar-refractivity contribution in [1.29, 1.82) is 0 Å². The van der Waals surface area contributed by atoms with E-state index < -0.39 is 6.10 Å². The number of pyridine rings is 1. The van der Waals surface area contributed by atoms with Crippen molar-refractivity contribution in [1.82, 2.24) is 4.98 Å². The topological polar surface area (TPSA) is 42.4 Å². The lowest BCUT2D eigenvalue weighted by molar-refractivity contribution is 0.141. The van der Waals surface area contributed by atoms with Crippen molar-refractivity contribution in [3.8, 4) is 5.75 Å². The number of nitrogens with zero attached hydrogens (tertiary/aromatic N) is 1. The molecule has 1 aromatic carbocycles. The molecule has 0 saturated carbocycles. The summed E-state index contributed by atoms with van der Waals surface area (Å²) in [5.74, 6) is 0.756. The van der Waals surface area contributed by atoms with Gasteiger partial charge in [-0.25, -0.2) is 0 Å². The van der Waals surface area contributed by atoms with Crippen molar-refractivity contribution in [3.63, 3.8) is 0 Å². The Morgan fingerprint density at radius 2 is 1.81 bits per heavy atom. The van der Waals surface area contributed by atoms with E-state index in [0.717, 1.165) is 17.5 Å². The van der Waals surface area contributed by atoms with Crippen LogP contribution in [0.1, 0.15) is 50.3 Å². The van der Waals surface area contributed by atoms with Gasteiger partial charge in [0.15, 0.2) is 0 Å². The number of ether oxygens (including phenoxy) is 1. The van der Waals surface area contributed by atoms with Crippen LogP contribution in [0.3, 0.4) is 0 Å². The minimum atomic E-state index is -0.583. The second-order valence-electron chi connectivity index (χ2n) is 5.49. The second kappa shape index (κ2) is 7.23. The number of benzene rings is 1. The molecule has 2 aromatic rings. The molecule has 0 saturated heterocycles. The number of aromatic nitrogens is 1. The van der Waals surface area contributed by atoms with Gasteiger partial charge < -0.3 is 9.84 Å². The molecule has 1 heterocycles. The molecule has 2 atom stereocenters. The fourth-order valence-corrected chi connectivity index (χ4v) is 2.51. The van der Waals surface area contributed by atoms with Gasteiger partial charge in [-0.1, -0.05) is 37.3 Å². The molecule has 3 nitrogen and oxygen atoms in total. The highest BCUT2D eigenvalue weighted by Crippen LogP contribution is 2.34. The van der Waals surface area contributed by atoms with Crippen LogP contribution in [0, 0.1) is 0 Å². The maximum atomic E-state index is 10.7. The standard InChI is InChI=1S/C18H23NO2/c1-4-17(14-8-6-5-7-9-14)18(20)15-10-16(12-19-11-15)21-13(2)3/h5-13,17-18,20H,4H2,1-3H3. The zero-order chi connectivity index (χ0) is 15.2. The largest absolute Gasteiger partial charge is 0.489 e. The van der Waals surface area contributed by atoms with E-state index in [-0.39, 0.29) is 12.0 Å². The molecule has 0 spiro atoms. The quantitative estimate of drug-likeness (QED) is 0.869. The van der Waals surface area contributed by atoms with Gasteiger partial charge in [0, 0.05) is 17.7 Å². The molecule has 0 aliphatic heterocycles. The molecule has 112 valence electrons. The van der Waals surface area contributed by atoms with E-state index >= 15 is 0 Å². The first-order valence-electron chi connectivity index (χ1n) is 7.46. The second-order valence-corrected chi connectivity index (χ2v) is 5.49. The van der Waals surface area contributed by atoms with Crippen molar-refractivity contribution >= 4 is 0 Å². The third-order valence-corrected chi connectivity index (χ3v) is 3.50. The number of hydrogen-bond donors (Lipinski definition) is 1. The Hall–Kier alpha value is -1.87. The SMILES string of the molecule is CCC(c1ccccc1)C(O)c1cncc(OC(C)C)c1. The summed E-state index contributed by atoms with van der Waals surface area (Å²) in [7, 11) is 0. The van der Waals surface area contributed by atoms with Crippen LogP contribution in [-0.2, 0) is 0 Å². The average molecular weight is 285 g/mol. The highest BCUT2D eigenvalue weighted by molar-refractivity contribution is 5.29. The maximum absolute atomic E-state index is 10.7. The Morgan fingerprint density at radius 1 is 1.10 bits per heavy atom. The summed E-state index contributed by atoms with van der Waals surface area (Å²) >= 11 is 0. The summed E-state index contributed by atoms with van der Waals surface area (Å²) in [6, 6.07) is 12.0. The average Bonchev–Trinajstić information content (AvgIpc) is 2.48. The summed E-state index contributed by atoms with van der Waals surface area (Å²) in [4.78, 5) is 4.18. The molecule has 0 aliphatic rings. The molecule has 3 heteroatoms. The van der Waals surface area contributed by atoms with Crippen molar-refractivity contribution in [2.75, 3.05) is 0 Å². The van der Waals surface area contributed by atoms with Crippen LogP contribution in [0.25, 0.3) is 0 Å². The number of aliphatic hydroxyl groups is 1. The molecule has 0 radical (unpaired) electrons. The molecule has 1 aromatic heterocycles. The molecule has 0 fully saturated rings. The molecule has 21 heavy (non-hydrogen) atoms. The lowest BCUT2D eigenvalue weighted by Crippen LogP contribution is -2.12.